The topological polar surface area (TPSA) is 69.3 Å². The number of nitrogens with two attached hydrogens (primary N) is 2. The predicted molar refractivity (Wildman–Crippen MR) is 69.4 cm³/mol. The predicted octanol–water partition coefficient (Wildman–Crippen LogP) is 2.06. The lowest BCUT2D eigenvalue weighted by molar-refractivity contribution is 0.404. The third-order valence-corrected chi connectivity index (χ3v) is 2.33. The van der Waals surface area contributed by atoms with E-state index in [1.807, 2.05) is 23.8 Å². The Morgan fingerprint density at radius 3 is 2.50 bits per heavy atom. The van der Waals surface area contributed by atoms with Crippen molar-refractivity contribution in [2.45, 2.75) is 33.2 Å². The third-order valence-electron chi connectivity index (χ3n) is 2.33. The second kappa shape index (κ2) is 4.43. The summed E-state index contributed by atoms with van der Waals surface area (Å²) in [5.41, 5.74) is 12.5. The fourth-order valence-corrected chi connectivity index (χ4v) is 1.37. The molecule has 88 valence electrons. The second-order valence-electron chi connectivity index (χ2n) is 4.67. The molecule has 0 fully saturated rings. The number of allylic oxidation sites excluding steroid dienone is 1. The van der Waals surface area contributed by atoms with Crippen LogP contribution in [0.25, 0.3) is 0 Å². The first kappa shape index (κ1) is 12.4. The van der Waals surface area contributed by atoms with Crippen LogP contribution in [0.3, 0.4) is 0 Å². The molecule has 0 atom stereocenters. The number of hydrogen-bond donors (Lipinski definition) is 2. The number of nitrogens with zero attached hydrogens (tertiary/aromatic N) is 2. The van der Waals surface area contributed by atoms with Crippen LogP contribution in [-0.2, 0) is 5.54 Å². The van der Waals surface area contributed by atoms with E-state index in [4.69, 9.17) is 11.5 Å². The van der Waals surface area contributed by atoms with Crippen molar-refractivity contribution in [1.29, 1.82) is 0 Å². The highest BCUT2D eigenvalue weighted by atomic mass is 15.1. The summed E-state index contributed by atoms with van der Waals surface area (Å²) in [5.74, 6) is 1.20. The van der Waals surface area contributed by atoms with Gasteiger partial charge in [-0.3, -0.25) is 0 Å². The molecule has 4 N–H and O–H groups in total. The van der Waals surface area contributed by atoms with E-state index >= 15 is 0 Å². The number of nitrogen functional groups attached to an aromatic ring is 1. The molecular formula is C12H20N4. The van der Waals surface area contributed by atoms with Gasteiger partial charge in [-0.25, -0.2) is 4.99 Å². The van der Waals surface area contributed by atoms with Crippen molar-refractivity contribution in [2.75, 3.05) is 5.73 Å². The Bertz CT molecular complexity index is 419. The van der Waals surface area contributed by atoms with Crippen molar-refractivity contribution in [3.63, 3.8) is 0 Å². The van der Waals surface area contributed by atoms with E-state index in [-0.39, 0.29) is 5.54 Å². The number of hydrogen-bond acceptors (Lipinski definition) is 3. The third kappa shape index (κ3) is 2.66. The van der Waals surface area contributed by atoms with Crippen LogP contribution in [0.1, 0.15) is 33.3 Å². The Kier molecular flexibility index (Phi) is 3.42. The molecule has 0 aliphatic heterocycles. The molecule has 1 heterocycles. The second-order valence-corrected chi connectivity index (χ2v) is 4.67. The molecule has 0 aliphatic carbocycles. The van der Waals surface area contributed by atoms with Gasteiger partial charge in [0.1, 0.15) is 11.6 Å². The van der Waals surface area contributed by atoms with E-state index in [0.717, 1.165) is 5.56 Å². The number of aromatic nitrogens is 1. The first-order valence-electron chi connectivity index (χ1n) is 5.29. The lowest BCUT2D eigenvalue weighted by Crippen LogP contribution is -2.22. The van der Waals surface area contributed by atoms with Gasteiger partial charge in [0.2, 0.25) is 0 Å². The summed E-state index contributed by atoms with van der Waals surface area (Å²) in [6.07, 6.45) is 5.39. The Hall–Kier alpha value is -1.71. The van der Waals surface area contributed by atoms with Gasteiger partial charge in [-0.05, 0) is 39.8 Å². The fourth-order valence-electron chi connectivity index (χ4n) is 1.37. The van der Waals surface area contributed by atoms with Crippen LogP contribution in [0, 0.1) is 0 Å². The SMILES string of the molecule is CC=C(N)N=Cc1ccn(C(C)(C)C)c1N. The molecular weight excluding hydrogens is 200 g/mol. The molecule has 0 saturated heterocycles. The molecule has 1 rings (SSSR count). The zero-order valence-electron chi connectivity index (χ0n) is 10.4. The molecule has 0 spiro atoms. The maximum atomic E-state index is 6.03. The van der Waals surface area contributed by atoms with Gasteiger partial charge in [0.15, 0.2) is 0 Å². The first-order chi connectivity index (χ1) is 7.36. The highest BCUT2D eigenvalue weighted by Crippen LogP contribution is 2.22. The average molecular weight is 220 g/mol. The molecule has 1 aromatic rings. The van der Waals surface area contributed by atoms with Crippen molar-refractivity contribution in [3.8, 4) is 0 Å². The van der Waals surface area contributed by atoms with E-state index in [2.05, 4.69) is 25.8 Å². The van der Waals surface area contributed by atoms with Gasteiger partial charge in [0.25, 0.3) is 0 Å². The summed E-state index contributed by atoms with van der Waals surface area (Å²) >= 11 is 0. The fraction of sp³-hybridized carbons (Fsp3) is 0.417. The average Bonchev–Trinajstić information content (AvgIpc) is 2.55. The van der Waals surface area contributed by atoms with Crippen LogP contribution in [0.4, 0.5) is 5.82 Å². The largest absolute Gasteiger partial charge is 0.385 e. The molecule has 0 aromatic carbocycles. The van der Waals surface area contributed by atoms with Gasteiger partial charge in [-0.15, -0.1) is 0 Å². The van der Waals surface area contributed by atoms with Crippen LogP contribution in [0.5, 0.6) is 0 Å². The molecule has 0 aliphatic rings. The normalized spacial score (nSPS) is 13.6. The van der Waals surface area contributed by atoms with Gasteiger partial charge >= 0.3 is 0 Å². The van der Waals surface area contributed by atoms with E-state index in [1.54, 1.807) is 12.3 Å². The zero-order valence-corrected chi connectivity index (χ0v) is 10.4. The molecule has 0 bridgehead atoms. The minimum atomic E-state index is -0.0255. The molecule has 1 aromatic heterocycles. The van der Waals surface area contributed by atoms with E-state index in [0.29, 0.717) is 11.6 Å². The van der Waals surface area contributed by atoms with Crippen LogP contribution in [0.2, 0.25) is 0 Å². The summed E-state index contributed by atoms with van der Waals surface area (Å²) in [7, 11) is 0. The smallest absolute Gasteiger partial charge is 0.118 e. The maximum absolute atomic E-state index is 6.03. The highest BCUT2D eigenvalue weighted by molar-refractivity contribution is 5.86. The summed E-state index contributed by atoms with van der Waals surface area (Å²) in [4.78, 5) is 4.09. The van der Waals surface area contributed by atoms with Crippen molar-refractivity contribution >= 4 is 12.0 Å². The van der Waals surface area contributed by atoms with Gasteiger partial charge in [-0.1, -0.05) is 0 Å². The first-order valence-corrected chi connectivity index (χ1v) is 5.29. The summed E-state index contributed by atoms with van der Waals surface area (Å²) in [6.45, 7) is 8.15. The lowest BCUT2D eigenvalue weighted by Gasteiger charge is -2.23. The Morgan fingerprint density at radius 2 is 2.06 bits per heavy atom. The molecule has 4 nitrogen and oxygen atoms in total. The molecule has 16 heavy (non-hydrogen) atoms. The number of rotatable bonds is 2. The molecule has 0 unspecified atom stereocenters. The number of anilines is 1. The highest BCUT2D eigenvalue weighted by Gasteiger charge is 2.16. The summed E-state index contributed by atoms with van der Waals surface area (Å²) < 4.78 is 2.01. The Balaban J connectivity index is 3.02. The van der Waals surface area contributed by atoms with Gasteiger partial charge in [0, 0.05) is 23.5 Å². The monoisotopic (exact) mass is 220 g/mol. The Labute approximate surface area is 96.7 Å². The molecule has 0 saturated carbocycles. The zero-order chi connectivity index (χ0) is 12.3. The minimum Gasteiger partial charge on any atom is -0.385 e. The van der Waals surface area contributed by atoms with Crippen LogP contribution in [-0.4, -0.2) is 10.8 Å². The van der Waals surface area contributed by atoms with Crippen molar-refractivity contribution in [3.05, 3.63) is 29.7 Å². The van der Waals surface area contributed by atoms with Gasteiger partial charge in [-0.2, -0.15) is 0 Å². The van der Waals surface area contributed by atoms with E-state index < -0.39 is 0 Å². The van der Waals surface area contributed by atoms with Gasteiger partial charge in [0.05, 0.1) is 0 Å². The van der Waals surface area contributed by atoms with Crippen molar-refractivity contribution < 1.29 is 0 Å². The van der Waals surface area contributed by atoms with Crippen LogP contribution in [0.15, 0.2) is 29.2 Å². The molecule has 0 amide bonds. The standard InChI is InChI=1S/C12H20N4/c1-5-10(13)15-8-9-6-7-16(11(9)14)12(2,3)4/h5-8H,13-14H2,1-4H3. The van der Waals surface area contributed by atoms with Gasteiger partial charge < -0.3 is 16.0 Å². The number of aliphatic imine (C=N–C) groups is 1. The van der Waals surface area contributed by atoms with E-state index in [9.17, 15) is 0 Å². The van der Waals surface area contributed by atoms with Crippen LogP contribution < -0.4 is 11.5 Å². The molecule has 4 heteroatoms. The van der Waals surface area contributed by atoms with Crippen molar-refractivity contribution in [2.24, 2.45) is 10.7 Å². The van der Waals surface area contributed by atoms with Crippen molar-refractivity contribution in [1.82, 2.24) is 4.57 Å². The summed E-state index contributed by atoms with van der Waals surface area (Å²) in [5, 5.41) is 0. The van der Waals surface area contributed by atoms with E-state index in [1.165, 1.54) is 0 Å². The Morgan fingerprint density at radius 1 is 1.44 bits per heavy atom. The van der Waals surface area contributed by atoms with Crippen LogP contribution >= 0.6 is 0 Å². The minimum absolute atomic E-state index is 0.0255. The summed E-state index contributed by atoms with van der Waals surface area (Å²) in [6, 6.07) is 1.94. The quantitative estimate of drug-likeness (QED) is 0.749. The lowest BCUT2D eigenvalue weighted by atomic mass is 10.1. The molecule has 0 radical (unpaired) electrons. The maximum Gasteiger partial charge on any atom is 0.118 e.